The predicted molar refractivity (Wildman–Crippen MR) is 65.0 cm³/mol. The molecule has 0 atom stereocenters. The molecule has 0 aliphatic carbocycles. The van der Waals surface area contributed by atoms with Gasteiger partial charge in [-0.15, -0.1) is 11.3 Å². The second-order valence-corrected chi connectivity index (χ2v) is 5.19. The lowest BCUT2D eigenvalue weighted by atomic mass is 9.90. The number of aliphatic carboxylic acids is 1. The van der Waals surface area contributed by atoms with Crippen LogP contribution in [0.25, 0.3) is 10.8 Å². The monoisotopic (exact) mass is 251 g/mol. The zero-order valence-corrected chi connectivity index (χ0v) is 10.7. The van der Waals surface area contributed by atoms with Crippen LogP contribution in [0.1, 0.15) is 19.5 Å². The van der Waals surface area contributed by atoms with Crippen LogP contribution in [0.3, 0.4) is 0 Å². The molecule has 0 fully saturated rings. The summed E-state index contributed by atoms with van der Waals surface area (Å²) in [5.74, 6) is -0.128. The van der Waals surface area contributed by atoms with Crippen LogP contribution in [0.4, 0.5) is 0 Å². The van der Waals surface area contributed by atoms with Crippen molar-refractivity contribution in [3.05, 3.63) is 23.5 Å². The molecule has 0 radical (unpaired) electrons. The maximum Gasteiger partial charge on any atom is 0.315 e. The minimum atomic E-state index is -0.972. The average Bonchev–Trinajstić information content (AvgIpc) is 2.85. The molecule has 2 aromatic heterocycles. The fourth-order valence-electron chi connectivity index (χ4n) is 1.34. The van der Waals surface area contributed by atoms with E-state index < -0.39 is 11.4 Å². The normalized spacial score (nSPS) is 11.7. The van der Waals surface area contributed by atoms with Gasteiger partial charge >= 0.3 is 5.97 Å². The van der Waals surface area contributed by atoms with Gasteiger partial charge in [-0.1, -0.05) is 0 Å². The van der Waals surface area contributed by atoms with E-state index >= 15 is 0 Å². The third-order valence-corrected chi connectivity index (χ3v) is 3.53. The SMILES string of the molecule is Cn1ccnc1-c1nc(C(C)(C)C(=O)O)cs1. The summed E-state index contributed by atoms with van der Waals surface area (Å²) < 4.78 is 1.86. The molecule has 6 heteroatoms. The van der Waals surface area contributed by atoms with E-state index in [1.165, 1.54) is 11.3 Å². The second-order valence-electron chi connectivity index (χ2n) is 4.33. The van der Waals surface area contributed by atoms with Gasteiger partial charge in [0.1, 0.15) is 5.41 Å². The summed E-state index contributed by atoms with van der Waals surface area (Å²) in [7, 11) is 1.88. The number of aromatic nitrogens is 3. The Kier molecular flexibility index (Phi) is 2.74. The molecule has 0 aliphatic heterocycles. The minimum Gasteiger partial charge on any atom is -0.481 e. The molecule has 0 amide bonds. The zero-order valence-electron chi connectivity index (χ0n) is 9.84. The molecule has 0 saturated heterocycles. The Morgan fingerprint density at radius 1 is 1.53 bits per heavy atom. The summed E-state index contributed by atoms with van der Waals surface area (Å²) in [6.07, 6.45) is 3.53. The highest BCUT2D eigenvalue weighted by atomic mass is 32.1. The van der Waals surface area contributed by atoms with Gasteiger partial charge in [0.2, 0.25) is 0 Å². The fourth-order valence-corrected chi connectivity index (χ4v) is 2.37. The Morgan fingerprint density at radius 2 is 2.24 bits per heavy atom. The van der Waals surface area contributed by atoms with Crippen LogP contribution in [0.5, 0.6) is 0 Å². The Bertz CT molecular complexity index is 557. The highest BCUT2D eigenvalue weighted by Gasteiger charge is 2.32. The summed E-state index contributed by atoms with van der Waals surface area (Å²) in [5.41, 5.74) is -0.409. The van der Waals surface area contributed by atoms with E-state index in [1.807, 2.05) is 17.8 Å². The Morgan fingerprint density at radius 3 is 2.76 bits per heavy atom. The fraction of sp³-hybridized carbons (Fsp3) is 0.364. The van der Waals surface area contributed by atoms with Gasteiger partial charge in [0, 0.05) is 24.8 Å². The number of aryl methyl sites for hydroxylation is 1. The molecule has 0 aliphatic rings. The molecule has 2 heterocycles. The standard InChI is InChI=1S/C11H13N3O2S/c1-11(2,10(15)16)7-6-17-9(13-7)8-12-4-5-14(8)3/h4-6H,1-3H3,(H,15,16). The molecule has 17 heavy (non-hydrogen) atoms. The van der Waals surface area contributed by atoms with Crippen molar-refractivity contribution >= 4 is 17.3 Å². The first-order chi connectivity index (χ1) is 7.93. The van der Waals surface area contributed by atoms with Crippen LogP contribution in [0.2, 0.25) is 0 Å². The molecule has 90 valence electrons. The number of thiazole rings is 1. The lowest BCUT2D eigenvalue weighted by Gasteiger charge is -2.15. The van der Waals surface area contributed by atoms with E-state index in [4.69, 9.17) is 5.11 Å². The molecule has 0 bridgehead atoms. The van der Waals surface area contributed by atoms with Gasteiger partial charge in [-0.2, -0.15) is 0 Å². The molecule has 5 nitrogen and oxygen atoms in total. The van der Waals surface area contributed by atoms with Gasteiger partial charge in [-0.3, -0.25) is 4.79 Å². The molecular weight excluding hydrogens is 238 g/mol. The number of imidazole rings is 1. The van der Waals surface area contributed by atoms with Crippen LogP contribution < -0.4 is 0 Å². The number of carboxylic acid groups (broad SMARTS) is 1. The quantitative estimate of drug-likeness (QED) is 0.904. The first kappa shape index (κ1) is 11.8. The molecule has 2 aromatic rings. The van der Waals surface area contributed by atoms with Crippen LogP contribution in [-0.2, 0) is 17.3 Å². The average molecular weight is 251 g/mol. The third-order valence-electron chi connectivity index (χ3n) is 2.69. The molecule has 0 unspecified atom stereocenters. The number of nitrogens with zero attached hydrogens (tertiary/aromatic N) is 3. The van der Waals surface area contributed by atoms with Crippen molar-refractivity contribution in [2.75, 3.05) is 0 Å². The molecule has 2 rings (SSSR count). The summed E-state index contributed by atoms with van der Waals surface area (Å²) in [5, 5.41) is 11.6. The van der Waals surface area contributed by atoms with E-state index in [0.29, 0.717) is 5.69 Å². The summed E-state index contributed by atoms with van der Waals surface area (Å²) in [6, 6.07) is 0. The minimum absolute atomic E-state index is 0.563. The number of carbonyl (C=O) groups is 1. The largest absolute Gasteiger partial charge is 0.481 e. The van der Waals surface area contributed by atoms with Gasteiger partial charge in [0.25, 0.3) is 0 Å². The van der Waals surface area contributed by atoms with Crippen molar-refractivity contribution in [3.8, 4) is 10.8 Å². The number of hydrogen-bond acceptors (Lipinski definition) is 4. The van der Waals surface area contributed by atoms with Crippen LogP contribution >= 0.6 is 11.3 Å². The van der Waals surface area contributed by atoms with Crippen LogP contribution in [0, 0.1) is 0 Å². The van der Waals surface area contributed by atoms with Gasteiger partial charge in [0.15, 0.2) is 10.8 Å². The Balaban J connectivity index is 2.41. The molecule has 0 spiro atoms. The van der Waals surface area contributed by atoms with E-state index in [2.05, 4.69) is 9.97 Å². The van der Waals surface area contributed by atoms with Gasteiger partial charge in [-0.25, -0.2) is 9.97 Å². The molecular formula is C11H13N3O2S. The molecule has 1 N–H and O–H groups in total. The first-order valence-corrected chi connectivity index (χ1v) is 5.98. The smallest absolute Gasteiger partial charge is 0.315 e. The summed E-state index contributed by atoms with van der Waals surface area (Å²) in [4.78, 5) is 19.7. The Labute approximate surface area is 103 Å². The summed E-state index contributed by atoms with van der Waals surface area (Å²) in [6.45, 7) is 3.29. The lowest BCUT2D eigenvalue weighted by molar-refractivity contribution is -0.142. The van der Waals surface area contributed by atoms with Crippen molar-refractivity contribution in [3.63, 3.8) is 0 Å². The van der Waals surface area contributed by atoms with Crippen LogP contribution in [-0.4, -0.2) is 25.6 Å². The highest BCUT2D eigenvalue weighted by molar-refractivity contribution is 7.13. The van der Waals surface area contributed by atoms with Gasteiger partial charge < -0.3 is 9.67 Å². The van der Waals surface area contributed by atoms with Crippen molar-refractivity contribution in [1.82, 2.24) is 14.5 Å². The van der Waals surface area contributed by atoms with Crippen molar-refractivity contribution in [2.45, 2.75) is 19.3 Å². The lowest BCUT2D eigenvalue weighted by Crippen LogP contribution is -2.28. The maximum absolute atomic E-state index is 11.1. The molecule has 0 saturated carbocycles. The van der Waals surface area contributed by atoms with E-state index in [-0.39, 0.29) is 0 Å². The maximum atomic E-state index is 11.1. The topological polar surface area (TPSA) is 68.0 Å². The number of rotatable bonds is 3. The van der Waals surface area contributed by atoms with E-state index in [1.54, 1.807) is 25.4 Å². The third kappa shape index (κ3) is 1.95. The highest BCUT2D eigenvalue weighted by Crippen LogP contribution is 2.29. The second kappa shape index (κ2) is 3.96. The van der Waals surface area contributed by atoms with Crippen molar-refractivity contribution in [1.29, 1.82) is 0 Å². The molecule has 0 aromatic carbocycles. The van der Waals surface area contributed by atoms with Crippen LogP contribution in [0.15, 0.2) is 17.8 Å². The van der Waals surface area contributed by atoms with E-state index in [0.717, 1.165) is 10.8 Å². The van der Waals surface area contributed by atoms with Gasteiger partial charge in [-0.05, 0) is 13.8 Å². The predicted octanol–water partition coefficient (Wildman–Crippen LogP) is 1.91. The Hall–Kier alpha value is -1.69. The van der Waals surface area contributed by atoms with Gasteiger partial charge in [0.05, 0.1) is 5.69 Å². The number of carboxylic acids is 1. The van der Waals surface area contributed by atoms with Crippen molar-refractivity contribution < 1.29 is 9.90 Å². The summed E-state index contributed by atoms with van der Waals surface area (Å²) >= 11 is 1.41. The first-order valence-electron chi connectivity index (χ1n) is 5.10. The number of hydrogen-bond donors (Lipinski definition) is 1. The van der Waals surface area contributed by atoms with E-state index in [9.17, 15) is 4.79 Å². The zero-order chi connectivity index (χ0) is 12.6. The van der Waals surface area contributed by atoms with Crippen molar-refractivity contribution in [2.24, 2.45) is 7.05 Å².